The second-order valence-electron chi connectivity index (χ2n) is 4.59. The fourth-order valence-electron chi connectivity index (χ4n) is 2.13. The van der Waals surface area contributed by atoms with Gasteiger partial charge in [-0.25, -0.2) is 0 Å². The van der Waals surface area contributed by atoms with Crippen molar-refractivity contribution in [3.63, 3.8) is 0 Å². The fraction of sp³-hybridized carbons (Fsp3) is 1.00. The molecule has 2 N–H and O–H groups in total. The van der Waals surface area contributed by atoms with Crippen LogP contribution in [0.25, 0.3) is 0 Å². The van der Waals surface area contributed by atoms with Gasteiger partial charge in [0.1, 0.15) is 0 Å². The fourth-order valence-corrected chi connectivity index (χ4v) is 2.13. The van der Waals surface area contributed by atoms with Crippen molar-refractivity contribution < 1.29 is 5.11 Å². The summed E-state index contributed by atoms with van der Waals surface area (Å²) in [5.41, 5.74) is 0. The molecule has 0 bridgehead atoms. The summed E-state index contributed by atoms with van der Waals surface area (Å²) in [5.74, 6) is 1.19. The monoisotopic (exact) mass is 185 g/mol. The zero-order chi connectivity index (χ0) is 9.84. The van der Waals surface area contributed by atoms with E-state index in [9.17, 15) is 5.11 Å². The normalized spacial score (nSPS) is 32.1. The van der Waals surface area contributed by atoms with Crippen molar-refractivity contribution in [1.29, 1.82) is 0 Å². The summed E-state index contributed by atoms with van der Waals surface area (Å²) >= 11 is 0. The molecule has 1 aliphatic heterocycles. The third-order valence-corrected chi connectivity index (χ3v) is 3.22. The van der Waals surface area contributed by atoms with Crippen LogP contribution >= 0.6 is 0 Å². The van der Waals surface area contributed by atoms with Crippen LogP contribution in [0.15, 0.2) is 0 Å². The molecule has 3 atom stereocenters. The molecule has 0 spiro atoms. The summed E-state index contributed by atoms with van der Waals surface area (Å²) in [5, 5.41) is 13.3. The van der Waals surface area contributed by atoms with E-state index < -0.39 is 0 Å². The minimum Gasteiger partial charge on any atom is -0.391 e. The highest BCUT2D eigenvalue weighted by atomic mass is 16.3. The molecule has 0 aromatic carbocycles. The van der Waals surface area contributed by atoms with Crippen LogP contribution in [-0.2, 0) is 0 Å². The number of rotatable bonds is 3. The summed E-state index contributed by atoms with van der Waals surface area (Å²) in [4.78, 5) is 0. The average Bonchev–Trinajstić information content (AvgIpc) is 2.16. The molecule has 0 aromatic rings. The minimum atomic E-state index is -0.172. The first-order chi connectivity index (χ1) is 6.15. The van der Waals surface area contributed by atoms with E-state index in [-0.39, 0.29) is 6.10 Å². The molecule has 2 heteroatoms. The molecule has 0 aliphatic carbocycles. The Morgan fingerprint density at radius 1 is 1.46 bits per heavy atom. The van der Waals surface area contributed by atoms with Gasteiger partial charge in [0.25, 0.3) is 0 Å². The smallest absolute Gasteiger partial charge is 0.0716 e. The van der Waals surface area contributed by atoms with Crippen molar-refractivity contribution in [3.8, 4) is 0 Å². The number of aliphatic hydroxyl groups is 1. The Balaban J connectivity index is 2.41. The maximum absolute atomic E-state index is 9.90. The van der Waals surface area contributed by atoms with Crippen molar-refractivity contribution in [2.75, 3.05) is 6.54 Å². The van der Waals surface area contributed by atoms with Crippen LogP contribution in [0.1, 0.15) is 40.0 Å². The Morgan fingerprint density at radius 3 is 2.69 bits per heavy atom. The molecule has 1 aliphatic rings. The Labute approximate surface area is 81.7 Å². The Hall–Kier alpha value is -0.0800. The molecule has 1 fully saturated rings. The lowest BCUT2D eigenvalue weighted by molar-refractivity contribution is 0.0607. The van der Waals surface area contributed by atoms with Gasteiger partial charge in [-0.1, -0.05) is 27.2 Å². The van der Waals surface area contributed by atoms with Crippen molar-refractivity contribution in [2.24, 2.45) is 11.8 Å². The predicted molar refractivity (Wildman–Crippen MR) is 55.7 cm³/mol. The number of hydrogen-bond acceptors (Lipinski definition) is 2. The van der Waals surface area contributed by atoms with Crippen molar-refractivity contribution in [2.45, 2.75) is 52.2 Å². The van der Waals surface area contributed by atoms with E-state index in [4.69, 9.17) is 0 Å². The van der Waals surface area contributed by atoms with Gasteiger partial charge in [-0.15, -0.1) is 0 Å². The van der Waals surface area contributed by atoms with Crippen molar-refractivity contribution >= 4 is 0 Å². The molecule has 1 heterocycles. The van der Waals surface area contributed by atoms with Crippen LogP contribution in [0, 0.1) is 11.8 Å². The molecule has 78 valence electrons. The first kappa shape index (κ1) is 11.0. The van der Waals surface area contributed by atoms with Gasteiger partial charge in [-0.05, 0) is 31.2 Å². The Morgan fingerprint density at radius 2 is 2.15 bits per heavy atom. The first-order valence-electron chi connectivity index (χ1n) is 5.56. The molecule has 0 radical (unpaired) electrons. The predicted octanol–water partition coefficient (Wildman–Crippen LogP) is 1.78. The van der Waals surface area contributed by atoms with Gasteiger partial charge < -0.3 is 10.4 Å². The van der Waals surface area contributed by atoms with Gasteiger partial charge in [0.2, 0.25) is 0 Å². The standard InChI is InChI=1S/C11H23NO/c1-4-9-5-6-12-10(7-9)11(13)8(2)3/h8-13H,4-7H2,1-3H3. The molecule has 13 heavy (non-hydrogen) atoms. The molecule has 2 nitrogen and oxygen atoms in total. The highest BCUT2D eigenvalue weighted by Gasteiger charge is 2.27. The SMILES string of the molecule is CCC1CCNC(C(O)C(C)C)C1. The van der Waals surface area contributed by atoms with Crippen LogP contribution in [-0.4, -0.2) is 23.8 Å². The number of piperidine rings is 1. The lowest BCUT2D eigenvalue weighted by Crippen LogP contribution is -2.47. The topological polar surface area (TPSA) is 32.3 Å². The van der Waals surface area contributed by atoms with Gasteiger partial charge in [-0.3, -0.25) is 0 Å². The third-order valence-electron chi connectivity index (χ3n) is 3.22. The van der Waals surface area contributed by atoms with Gasteiger partial charge in [0, 0.05) is 6.04 Å². The van der Waals surface area contributed by atoms with Crippen LogP contribution in [0.4, 0.5) is 0 Å². The summed E-state index contributed by atoms with van der Waals surface area (Å²) in [7, 11) is 0. The summed E-state index contributed by atoms with van der Waals surface area (Å²) in [6, 6.07) is 0.332. The lowest BCUT2D eigenvalue weighted by atomic mass is 9.85. The average molecular weight is 185 g/mol. The molecule has 0 amide bonds. The first-order valence-corrected chi connectivity index (χ1v) is 5.56. The largest absolute Gasteiger partial charge is 0.391 e. The van der Waals surface area contributed by atoms with E-state index in [1.54, 1.807) is 0 Å². The van der Waals surface area contributed by atoms with Crippen LogP contribution < -0.4 is 5.32 Å². The van der Waals surface area contributed by atoms with Gasteiger partial charge in [0.05, 0.1) is 6.10 Å². The maximum atomic E-state index is 9.90. The van der Waals surface area contributed by atoms with Crippen molar-refractivity contribution in [1.82, 2.24) is 5.32 Å². The zero-order valence-corrected chi connectivity index (χ0v) is 9.09. The minimum absolute atomic E-state index is 0.172. The van der Waals surface area contributed by atoms with Crippen LogP contribution in [0.5, 0.6) is 0 Å². The van der Waals surface area contributed by atoms with E-state index in [1.165, 1.54) is 12.8 Å². The highest BCUT2D eigenvalue weighted by Crippen LogP contribution is 2.23. The van der Waals surface area contributed by atoms with E-state index in [0.717, 1.165) is 18.9 Å². The number of aliphatic hydroxyl groups excluding tert-OH is 1. The molecular formula is C11H23NO. The van der Waals surface area contributed by atoms with Crippen LogP contribution in [0.2, 0.25) is 0 Å². The van der Waals surface area contributed by atoms with Gasteiger partial charge >= 0.3 is 0 Å². The van der Waals surface area contributed by atoms with E-state index >= 15 is 0 Å². The molecule has 0 saturated carbocycles. The molecule has 1 saturated heterocycles. The molecule has 1 rings (SSSR count). The number of nitrogens with one attached hydrogen (secondary N) is 1. The Kier molecular flexibility index (Phi) is 4.20. The van der Waals surface area contributed by atoms with Crippen molar-refractivity contribution in [3.05, 3.63) is 0 Å². The second kappa shape index (κ2) is 4.97. The summed E-state index contributed by atoms with van der Waals surface area (Å²) in [6.45, 7) is 7.49. The highest BCUT2D eigenvalue weighted by molar-refractivity contribution is 4.84. The van der Waals surface area contributed by atoms with Crippen LogP contribution in [0.3, 0.4) is 0 Å². The molecule has 3 unspecified atom stereocenters. The quantitative estimate of drug-likeness (QED) is 0.702. The van der Waals surface area contributed by atoms with E-state index in [1.807, 2.05) is 0 Å². The summed E-state index contributed by atoms with van der Waals surface area (Å²) < 4.78 is 0. The lowest BCUT2D eigenvalue weighted by Gasteiger charge is -2.34. The van der Waals surface area contributed by atoms with E-state index in [2.05, 4.69) is 26.1 Å². The molecular weight excluding hydrogens is 162 g/mol. The summed E-state index contributed by atoms with van der Waals surface area (Å²) in [6.07, 6.45) is 3.51. The Bertz CT molecular complexity index is 147. The second-order valence-corrected chi connectivity index (χ2v) is 4.59. The maximum Gasteiger partial charge on any atom is 0.0716 e. The van der Waals surface area contributed by atoms with Gasteiger partial charge in [0.15, 0.2) is 0 Å². The van der Waals surface area contributed by atoms with E-state index in [0.29, 0.717) is 12.0 Å². The third kappa shape index (κ3) is 2.96. The number of hydrogen-bond donors (Lipinski definition) is 2. The molecule has 0 aromatic heterocycles. The van der Waals surface area contributed by atoms with Gasteiger partial charge in [-0.2, -0.15) is 0 Å². The zero-order valence-electron chi connectivity index (χ0n) is 9.09.